The molecule has 0 spiro atoms. The van der Waals surface area contributed by atoms with E-state index in [2.05, 4.69) is 4.40 Å². The molecule has 0 bridgehead atoms. The van der Waals surface area contributed by atoms with E-state index in [1.807, 2.05) is 0 Å². The van der Waals surface area contributed by atoms with Crippen molar-refractivity contribution in [1.82, 2.24) is 0 Å². The van der Waals surface area contributed by atoms with Gasteiger partial charge in [0.2, 0.25) is 0 Å². The van der Waals surface area contributed by atoms with Gasteiger partial charge in [-0.25, -0.2) is 4.39 Å². The van der Waals surface area contributed by atoms with Gasteiger partial charge in [-0.05, 0) is 36.4 Å². The van der Waals surface area contributed by atoms with E-state index < -0.39 is 11.4 Å². The zero-order valence-corrected chi connectivity index (χ0v) is 10.8. The molecule has 2 aromatic rings. The Morgan fingerprint density at radius 3 is 2.56 bits per heavy atom. The van der Waals surface area contributed by atoms with Crippen molar-refractivity contribution >= 4 is 29.2 Å². The molecule has 0 aliphatic heterocycles. The van der Waals surface area contributed by atoms with Gasteiger partial charge in [0.1, 0.15) is 17.2 Å². The van der Waals surface area contributed by atoms with Gasteiger partial charge in [-0.1, -0.05) is 28.1 Å². The Kier molecular flexibility index (Phi) is 4.36. The molecule has 1 atom stereocenters. The maximum Gasteiger partial charge on any atom is 0.182 e. The van der Waals surface area contributed by atoms with Crippen LogP contribution < -0.4 is 0 Å². The molecule has 0 aliphatic rings. The fourth-order valence-corrected chi connectivity index (χ4v) is 2.14. The molecule has 0 saturated carbocycles. The Morgan fingerprint density at radius 1 is 1.17 bits per heavy atom. The van der Waals surface area contributed by atoms with E-state index in [0.29, 0.717) is 15.5 Å². The third-order valence-corrected chi connectivity index (χ3v) is 3.39. The van der Waals surface area contributed by atoms with Crippen LogP contribution in [-0.2, 0) is 11.4 Å². The summed E-state index contributed by atoms with van der Waals surface area (Å²) in [5.74, 6) is -0.351. The van der Waals surface area contributed by atoms with Crippen LogP contribution in [0.25, 0.3) is 0 Å². The first kappa shape index (κ1) is 13.1. The van der Waals surface area contributed by atoms with Crippen LogP contribution in [0.15, 0.2) is 57.8 Å². The molecule has 0 aliphatic carbocycles. The average molecular weight is 282 g/mol. The number of nitrogens with zero attached hydrogens (tertiary/aromatic N) is 1. The maximum absolute atomic E-state index is 12.9. The van der Waals surface area contributed by atoms with Crippen molar-refractivity contribution < 1.29 is 8.94 Å². The van der Waals surface area contributed by atoms with Crippen LogP contribution in [0.5, 0.6) is 0 Å². The van der Waals surface area contributed by atoms with Crippen molar-refractivity contribution in [2.75, 3.05) is 0 Å². The molecule has 2 aromatic carbocycles. The molecule has 92 valence electrons. The smallest absolute Gasteiger partial charge is 0.182 e. The third-order valence-electron chi connectivity index (χ3n) is 2.16. The van der Waals surface area contributed by atoms with Crippen molar-refractivity contribution in [1.29, 1.82) is 0 Å². The molecule has 0 radical (unpaired) electrons. The van der Waals surface area contributed by atoms with E-state index in [1.54, 1.807) is 36.4 Å². The lowest BCUT2D eigenvalue weighted by molar-refractivity contribution is 0.597. The minimum atomic E-state index is -1.51. The summed E-state index contributed by atoms with van der Waals surface area (Å²) < 4.78 is 28.6. The van der Waals surface area contributed by atoms with Gasteiger partial charge >= 0.3 is 0 Å². The predicted molar refractivity (Wildman–Crippen MR) is 71.9 cm³/mol. The van der Waals surface area contributed by atoms with Crippen LogP contribution in [0.3, 0.4) is 0 Å². The topological polar surface area (TPSA) is 35.4 Å². The molecule has 5 heteroatoms. The molecule has 0 N–H and O–H groups in total. The van der Waals surface area contributed by atoms with E-state index >= 15 is 0 Å². The first-order chi connectivity index (χ1) is 8.65. The Morgan fingerprint density at radius 2 is 1.89 bits per heavy atom. The fraction of sp³-hybridized carbons (Fsp3) is 0. The average Bonchev–Trinajstić information content (AvgIpc) is 2.37. The number of halogens is 2. The van der Waals surface area contributed by atoms with Crippen molar-refractivity contribution in [2.24, 2.45) is 4.40 Å². The summed E-state index contributed by atoms with van der Waals surface area (Å²) >= 11 is 4.22. The van der Waals surface area contributed by atoms with Gasteiger partial charge in [0.25, 0.3) is 0 Å². The molecule has 1 unspecified atom stereocenters. The van der Waals surface area contributed by atoms with Crippen LogP contribution in [0.1, 0.15) is 5.56 Å². The lowest BCUT2D eigenvalue weighted by Gasteiger charge is -2.02. The second-order valence-corrected chi connectivity index (χ2v) is 5.11. The highest BCUT2D eigenvalue weighted by Gasteiger charge is 2.08. The van der Waals surface area contributed by atoms with Crippen LogP contribution >= 0.6 is 11.6 Å². The molecule has 18 heavy (non-hydrogen) atoms. The predicted octanol–water partition coefficient (Wildman–Crippen LogP) is 3.62. The summed E-state index contributed by atoms with van der Waals surface area (Å²) in [6, 6.07) is 12.5. The van der Waals surface area contributed by atoms with E-state index in [0.717, 1.165) is 0 Å². The van der Waals surface area contributed by atoms with Gasteiger partial charge in [0.15, 0.2) is 4.90 Å². The Labute approximate surface area is 112 Å². The Bertz CT molecular complexity index is 559. The zero-order chi connectivity index (χ0) is 13.0. The molecule has 0 fully saturated rings. The molecule has 0 heterocycles. The normalized spacial score (nSPS) is 12.8. The summed E-state index contributed by atoms with van der Waals surface area (Å²) in [4.78, 5) is 0.548. The largest absolute Gasteiger partial charge is 0.586 e. The minimum absolute atomic E-state index is 0.351. The van der Waals surface area contributed by atoms with Crippen LogP contribution in [0.2, 0.25) is 5.02 Å². The minimum Gasteiger partial charge on any atom is -0.586 e. The van der Waals surface area contributed by atoms with Gasteiger partial charge in [0, 0.05) is 10.6 Å². The lowest BCUT2D eigenvalue weighted by atomic mass is 10.2. The molecule has 0 saturated heterocycles. The van der Waals surface area contributed by atoms with Gasteiger partial charge in [-0.2, -0.15) is 0 Å². The molecule has 2 rings (SSSR count). The molecular weight excluding hydrogens is 273 g/mol. The summed E-state index contributed by atoms with van der Waals surface area (Å²) in [6.45, 7) is 0. The first-order valence-corrected chi connectivity index (χ1v) is 6.61. The lowest BCUT2D eigenvalue weighted by Crippen LogP contribution is -1.97. The van der Waals surface area contributed by atoms with E-state index in [1.165, 1.54) is 18.3 Å². The van der Waals surface area contributed by atoms with E-state index in [9.17, 15) is 8.94 Å². The number of rotatable bonds is 3. The number of hydrogen-bond acceptors (Lipinski definition) is 2. The van der Waals surface area contributed by atoms with Gasteiger partial charge < -0.3 is 4.55 Å². The van der Waals surface area contributed by atoms with Gasteiger partial charge in [-0.15, -0.1) is 0 Å². The summed E-state index contributed by atoms with van der Waals surface area (Å²) in [5, 5.41) is 0.574. The molecule has 0 aromatic heterocycles. The quantitative estimate of drug-likeness (QED) is 0.625. The van der Waals surface area contributed by atoms with Gasteiger partial charge in [-0.3, -0.25) is 0 Å². The van der Waals surface area contributed by atoms with Crippen molar-refractivity contribution in [3.8, 4) is 0 Å². The van der Waals surface area contributed by atoms with Crippen LogP contribution in [0.4, 0.5) is 4.39 Å². The number of hydrogen-bond donors (Lipinski definition) is 0. The van der Waals surface area contributed by atoms with Crippen molar-refractivity contribution in [2.45, 2.75) is 4.90 Å². The highest BCUT2D eigenvalue weighted by Crippen LogP contribution is 2.16. The van der Waals surface area contributed by atoms with Crippen molar-refractivity contribution in [3.05, 3.63) is 64.9 Å². The van der Waals surface area contributed by atoms with Crippen molar-refractivity contribution in [3.63, 3.8) is 0 Å². The van der Waals surface area contributed by atoms with Crippen LogP contribution in [0, 0.1) is 5.82 Å². The summed E-state index contributed by atoms with van der Waals surface area (Å²) in [5.41, 5.74) is 0.567. The Hall–Kier alpha value is -1.36. The first-order valence-electron chi connectivity index (χ1n) is 5.12. The van der Waals surface area contributed by atoms with E-state index in [-0.39, 0.29) is 5.82 Å². The molecule has 0 amide bonds. The summed E-state index contributed by atoms with van der Waals surface area (Å²) in [7, 11) is 0. The van der Waals surface area contributed by atoms with E-state index in [4.69, 9.17) is 11.6 Å². The second-order valence-electron chi connectivity index (χ2n) is 3.49. The summed E-state index contributed by atoms with van der Waals surface area (Å²) in [6.07, 6.45) is 1.38. The maximum atomic E-state index is 12.9. The second kappa shape index (κ2) is 6.00. The monoisotopic (exact) mass is 281 g/mol. The van der Waals surface area contributed by atoms with Gasteiger partial charge in [0.05, 0.1) is 6.21 Å². The standard InChI is InChI=1S/C13H9ClFNOS/c14-11-4-6-13(7-5-11)18(17)16-9-10-2-1-3-12(15)8-10/h1-9H/b16-9+. The Balaban J connectivity index is 2.11. The highest BCUT2D eigenvalue weighted by atomic mass is 35.5. The third kappa shape index (κ3) is 3.57. The zero-order valence-electron chi connectivity index (χ0n) is 9.22. The molecule has 2 nitrogen and oxygen atoms in total. The van der Waals surface area contributed by atoms with Crippen LogP contribution in [-0.4, -0.2) is 10.8 Å². The number of benzene rings is 2. The highest BCUT2D eigenvalue weighted by molar-refractivity contribution is 7.90. The fourth-order valence-electron chi connectivity index (χ4n) is 1.31. The molecular formula is C13H9ClFNOS. The SMILES string of the molecule is [O-][S+](/N=C/c1cccc(F)c1)c1ccc(Cl)cc1.